The molecule has 5 heteroatoms. The van der Waals surface area contributed by atoms with E-state index in [0.29, 0.717) is 5.69 Å². The predicted molar refractivity (Wildman–Crippen MR) is 63.3 cm³/mol. The molecular weight excluding hydrogens is 223 g/mol. The Morgan fingerprint density at radius 3 is 2.65 bits per heavy atom. The van der Waals surface area contributed by atoms with Crippen LogP contribution >= 0.6 is 0 Å². The van der Waals surface area contributed by atoms with Crippen molar-refractivity contribution in [2.24, 2.45) is 5.73 Å². The van der Waals surface area contributed by atoms with Crippen LogP contribution < -0.4 is 11.1 Å². The molecule has 0 saturated carbocycles. The lowest BCUT2D eigenvalue weighted by Gasteiger charge is -2.10. The summed E-state index contributed by atoms with van der Waals surface area (Å²) in [5.41, 5.74) is 5.98. The molecule has 1 rings (SSSR count). The van der Waals surface area contributed by atoms with Crippen molar-refractivity contribution >= 4 is 17.4 Å². The van der Waals surface area contributed by atoms with Crippen molar-refractivity contribution in [2.75, 3.05) is 5.32 Å². The molecule has 1 atom stereocenters. The zero-order valence-corrected chi connectivity index (χ0v) is 9.79. The molecule has 0 aliphatic carbocycles. The number of carbonyl (C=O) groups excluding carboxylic acids is 2. The first-order chi connectivity index (χ1) is 7.90. The Labute approximate surface area is 99.0 Å². The molecule has 0 aliphatic heterocycles. The van der Waals surface area contributed by atoms with Crippen LogP contribution in [-0.4, -0.2) is 17.7 Å². The summed E-state index contributed by atoms with van der Waals surface area (Å²) in [4.78, 5) is 22.8. The SMILES string of the molecule is CC(=O)Nc1ccc(F)cc1C(=O)CC(C)N. The molecule has 0 bridgehead atoms. The van der Waals surface area contributed by atoms with E-state index in [-0.39, 0.29) is 29.7 Å². The number of amides is 1. The number of carbonyl (C=O) groups is 2. The van der Waals surface area contributed by atoms with Crippen molar-refractivity contribution in [3.05, 3.63) is 29.6 Å². The third-order valence-corrected chi connectivity index (χ3v) is 2.10. The van der Waals surface area contributed by atoms with Crippen LogP contribution in [0.15, 0.2) is 18.2 Å². The smallest absolute Gasteiger partial charge is 0.221 e. The van der Waals surface area contributed by atoms with Crippen LogP contribution in [0.3, 0.4) is 0 Å². The number of hydrogen-bond acceptors (Lipinski definition) is 3. The van der Waals surface area contributed by atoms with Gasteiger partial charge in [0.2, 0.25) is 5.91 Å². The molecule has 0 radical (unpaired) electrons. The van der Waals surface area contributed by atoms with E-state index in [1.54, 1.807) is 6.92 Å². The van der Waals surface area contributed by atoms with E-state index in [2.05, 4.69) is 5.32 Å². The maximum absolute atomic E-state index is 13.1. The summed E-state index contributed by atoms with van der Waals surface area (Å²) >= 11 is 0. The average molecular weight is 238 g/mol. The predicted octanol–water partition coefficient (Wildman–Crippen LogP) is 1.70. The van der Waals surface area contributed by atoms with E-state index in [0.717, 1.165) is 6.07 Å². The Hall–Kier alpha value is -1.75. The fraction of sp³-hybridized carbons (Fsp3) is 0.333. The van der Waals surface area contributed by atoms with E-state index in [1.807, 2.05) is 0 Å². The van der Waals surface area contributed by atoms with Gasteiger partial charge < -0.3 is 11.1 Å². The Morgan fingerprint density at radius 2 is 2.12 bits per heavy atom. The standard InChI is InChI=1S/C12H15FN2O2/c1-7(14)5-12(17)10-6-9(13)3-4-11(10)15-8(2)16/h3-4,6-7H,5,14H2,1-2H3,(H,15,16). The molecule has 0 aliphatic rings. The van der Waals surface area contributed by atoms with Gasteiger partial charge in [-0.1, -0.05) is 0 Å². The summed E-state index contributed by atoms with van der Waals surface area (Å²) in [5, 5.41) is 2.49. The number of anilines is 1. The summed E-state index contributed by atoms with van der Waals surface area (Å²) in [6.45, 7) is 3.01. The summed E-state index contributed by atoms with van der Waals surface area (Å²) in [5.74, 6) is -1.12. The zero-order chi connectivity index (χ0) is 13.0. The molecule has 0 heterocycles. The second kappa shape index (κ2) is 5.54. The zero-order valence-electron chi connectivity index (χ0n) is 9.79. The third kappa shape index (κ3) is 3.96. The van der Waals surface area contributed by atoms with Gasteiger partial charge in [0.05, 0.1) is 5.69 Å². The van der Waals surface area contributed by atoms with E-state index >= 15 is 0 Å². The van der Waals surface area contributed by atoms with Crippen LogP contribution in [0.2, 0.25) is 0 Å². The lowest BCUT2D eigenvalue weighted by atomic mass is 10.0. The van der Waals surface area contributed by atoms with Crippen molar-refractivity contribution in [3.8, 4) is 0 Å². The maximum Gasteiger partial charge on any atom is 0.221 e. The van der Waals surface area contributed by atoms with Crippen molar-refractivity contribution in [2.45, 2.75) is 26.3 Å². The Bertz CT molecular complexity index is 444. The van der Waals surface area contributed by atoms with Gasteiger partial charge in [0.1, 0.15) is 5.82 Å². The number of ketones is 1. The first-order valence-electron chi connectivity index (χ1n) is 5.26. The molecule has 17 heavy (non-hydrogen) atoms. The number of hydrogen-bond donors (Lipinski definition) is 2. The topological polar surface area (TPSA) is 72.2 Å². The van der Waals surface area contributed by atoms with Crippen LogP contribution in [0.1, 0.15) is 30.6 Å². The van der Waals surface area contributed by atoms with E-state index in [4.69, 9.17) is 5.73 Å². The molecule has 0 saturated heterocycles. The normalized spacial score (nSPS) is 12.0. The Kier molecular flexibility index (Phi) is 4.34. The van der Waals surface area contributed by atoms with Gasteiger partial charge in [-0.05, 0) is 25.1 Å². The van der Waals surface area contributed by atoms with Gasteiger partial charge in [0.25, 0.3) is 0 Å². The van der Waals surface area contributed by atoms with E-state index < -0.39 is 5.82 Å². The molecule has 1 unspecified atom stereocenters. The Balaban J connectivity index is 3.06. The van der Waals surface area contributed by atoms with Crippen molar-refractivity contribution < 1.29 is 14.0 Å². The molecule has 0 fully saturated rings. The van der Waals surface area contributed by atoms with Gasteiger partial charge in [-0.2, -0.15) is 0 Å². The molecule has 0 spiro atoms. The minimum absolute atomic E-state index is 0.107. The molecule has 92 valence electrons. The van der Waals surface area contributed by atoms with Gasteiger partial charge in [-0.25, -0.2) is 4.39 Å². The quantitative estimate of drug-likeness (QED) is 0.784. The van der Waals surface area contributed by atoms with Gasteiger partial charge in [-0.15, -0.1) is 0 Å². The van der Waals surface area contributed by atoms with Gasteiger partial charge in [0.15, 0.2) is 5.78 Å². The Morgan fingerprint density at radius 1 is 1.47 bits per heavy atom. The highest BCUT2D eigenvalue weighted by atomic mass is 19.1. The summed E-state index contributed by atoms with van der Waals surface area (Å²) in [6, 6.07) is 3.35. The summed E-state index contributed by atoms with van der Waals surface area (Å²) in [6.07, 6.45) is 0.107. The van der Waals surface area contributed by atoms with Crippen LogP contribution in [0.25, 0.3) is 0 Å². The van der Waals surface area contributed by atoms with Crippen molar-refractivity contribution in [1.29, 1.82) is 0 Å². The third-order valence-electron chi connectivity index (χ3n) is 2.10. The van der Waals surface area contributed by atoms with Crippen molar-refractivity contribution in [1.82, 2.24) is 0 Å². The molecule has 1 amide bonds. The first kappa shape index (κ1) is 13.3. The number of halogens is 1. The maximum atomic E-state index is 13.1. The van der Waals surface area contributed by atoms with E-state index in [9.17, 15) is 14.0 Å². The molecule has 1 aromatic rings. The minimum Gasteiger partial charge on any atom is -0.328 e. The number of nitrogens with one attached hydrogen (secondary N) is 1. The van der Waals surface area contributed by atoms with Crippen LogP contribution in [0.5, 0.6) is 0 Å². The van der Waals surface area contributed by atoms with Gasteiger partial charge >= 0.3 is 0 Å². The highest BCUT2D eigenvalue weighted by Gasteiger charge is 2.14. The number of Topliss-reactive ketones (excluding diaryl/α,β-unsaturated/α-hetero) is 1. The van der Waals surface area contributed by atoms with E-state index in [1.165, 1.54) is 19.1 Å². The second-order valence-corrected chi connectivity index (χ2v) is 3.98. The molecule has 4 nitrogen and oxygen atoms in total. The molecule has 3 N–H and O–H groups in total. The average Bonchev–Trinajstić information content (AvgIpc) is 2.19. The monoisotopic (exact) mass is 238 g/mol. The number of rotatable bonds is 4. The number of nitrogens with two attached hydrogens (primary N) is 1. The highest BCUT2D eigenvalue weighted by Crippen LogP contribution is 2.19. The fourth-order valence-corrected chi connectivity index (χ4v) is 1.45. The fourth-order valence-electron chi connectivity index (χ4n) is 1.45. The minimum atomic E-state index is -0.521. The molecular formula is C12H15FN2O2. The second-order valence-electron chi connectivity index (χ2n) is 3.98. The van der Waals surface area contributed by atoms with Crippen LogP contribution in [0, 0.1) is 5.82 Å². The molecule has 0 aromatic heterocycles. The van der Waals surface area contributed by atoms with Gasteiger partial charge in [-0.3, -0.25) is 9.59 Å². The lowest BCUT2D eigenvalue weighted by Crippen LogP contribution is -2.21. The van der Waals surface area contributed by atoms with Crippen LogP contribution in [-0.2, 0) is 4.79 Å². The molecule has 1 aromatic carbocycles. The lowest BCUT2D eigenvalue weighted by molar-refractivity contribution is -0.114. The number of benzene rings is 1. The summed E-state index contributed by atoms with van der Waals surface area (Å²) in [7, 11) is 0. The largest absolute Gasteiger partial charge is 0.328 e. The summed E-state index contributed by atoms with van der Waals surface area (Å²) < 4.78 is 13.1. The van der Waals surface area contributed by atoms with Gasteiger partial charge in [0, 0.05) is 24.9 Å². The first-order valence-corrected chi connectivity index (χ1v) is 5.26. The van der Waals surface area contributed by atoms with Crippen molar-refractivity contribution in [3.63, 3.8) is 0 Å². The van der Waals surface area contributed by atoms with Crippen LogP contribution in [0.4, 0.5) is 10.1 Å². The highest BCUT2D eigenvalue weighted by molar-refractivity contribution is 6.04.